The Morgan fingerprint density at radius 2 is 2.00 bits per heavy atom. The molecule has 0 bridgehead atoms. The van der Waals surface area contributed by atoms with Gasteiger partial charge in [0.05, 0.1) is 5.75 Å². The van der Waals surface area contributed by atoms with Crippen LogP contribution in [-0.4, -0.2) is 32.5 Å². The van der Waals surface area contributed by atoms with Crippen molar-refractivity contribution in [1.82, 2.24) is 20.1 Å². The SMILES string of the molecule is CCn1c(COc2ccc3ccccc3c2C)nnc1SCC(=O)NC1CCCCC1C. The van der Waals surface area contributed by atoms with E-state index in [9.17, 15) is 4.79 Å². The zero-order chi connectivity index (χ0) is 22.5. The van der Waals surface area contributed by atoms with Crippen molar-refractivity contribution in [2.45, 2.75) is 70.8 Å². The molecule has 32 heavy (non-hydrogen) atoms. The van der Waals surface area contributed by atoms with Crippen molar-refractivity contribution in [3.05, 3.63) is 47.8 Å². The van der Waals surface area contributed by atoms with E-state index in [4.69, 9.17) is 4.74 Å². The second-order valence-electron chi connectivity index (χ2n) is 8.57. The molecule has 1 aliphatic carbocycles. The van der Waals surface area contributed by atoms with Crippen LogP contribution in [0.3, 0.4) is 0 Å². The number of hydrogen-bond donors (Lipinski definition) is 1. The fourth-order valence-corrected chi connectivity index (χ4v) is 5.30. The largest absolute Gasteiger partial charge is 0.485 e. The molecule has 1 aromatic heterocycles. The average Bonchev–Trinajstić information content (AvgIpc) is 3.21. The number of benzene rings is 2. The maximum absolute atomic E-state index is 12.5. The number of thioether (sulfide) groups is 1. The minimum Gasteiger partial charge on any atom is -0.485 e. The molecule has 0 saturated heterocycles. The van der Waals surface area contributed by atoms with Crippen LogP contribution in [0.5, 0.6) is 5.75 Å². The van der Waals surface area contributed by atoms with Crippen molar-refractivity contribution in [2.75, 3.05) is 5.75 Å². The zero-order valence-corrected chi connectivity index (χ0v) is 20.0. The smallest absolute Gasteiger partial charge is 0.230 e. The average molecular weight is 453 g/mol. The number of carbonyl (C=O) groups excluding carboxylic acids is 1. The molecule has 1 aliphatic rings. The maximum atomic E-state index is 12.5. The Labute approximate surface area is 194 Å². The van der Waals surface area contributed by atoms with Gasteiger partial charge in [-0.25, -0.2) is 0 Å². The van der Waals surface area contributed by atoms with Gasteiger partial charge in [-0.3, -0.25) is 4.79 Å². The van der Waals surface area contributed by atoms with Crippen LogP contribution in [0.2, 0.25) is 0 Å². The molecule has 2 atom stereocenters. The summed E-state index contributed by atoms with van der Waals surface area (Å²) in [5.74, 6) is 2.60. The van der Waals surface area contributed by atoms with Crippen LogP contribution >= 0.6 is 11.8 Å². The first-order chi connectivity index (χ1) is 15.6. The minimum absolute atomic E-state index is 0.0731. The summed E-state index contributed by atoms with van der Waals surface area (Å²) >= 11 is 1.44. The summed E-state index contributed by atoms with van der Waals surface area (Å²) < 4.78 is 8.14. The fourth-order valence-electron chi connectivity index (χ4n) is 4.47. The molecule has 1 fully saturated rings. The van der Waals surface area contributed by atoms with E-state index in [-0.39, 0.29) is 5.91 Å². The van der Waals surface area contributed by atoms with Gasteiger partial charge >= 0.3 is 0 Å². The molecule has 1 heterocycles. The number of nitrogens with one attached hydrogen (secondary N) is 1. The Morgan fingerprint density at radius 1 is 1.19 bits per heavy atom. The maximum Gasteiger partial charge on any atom is 0.230 e. The second-order valence-corrected chi connectivity index (χ2v) is 9.51. The van der Waals surface area contributed by atoms with E-state index in [1.54, 1.807) is 0 Å². The summed E-state index contributed by atoms with van der Waals surface area (Å²) in [6, 6.07) is 12.7. The summed E-state index contributed by atoms with van der Waals surface area (Å²) in [7, 11) is 0. The number of aromatic nitrogens is 3. The molecule has 7 heteroatoms. The molecule has 0 aliphatic heterocycles. The second kappa shape index (κ2) is 10.4. The first-order valence-electron chi connectivity index (χ1n) is 11.5. The number of rotatable bonds is 8. The topological polar surface area (TPSA) is 69.0 Å². The van der Waals surface area contributed by atoms with Gasteiger partial charge < -0.3 is 14.6 Å². The third-order valence-electron chi connectivity index (χ3n) is 6.41. The summed E-state index contributed by atoms with van der Waals surface area (Å²) in [6.07, 6.45) is 4.75. The Balaban J connectivity index is 1.37. The quantitative estimate of drug-likeness (QED) is 0.480. The van der Waals surface area contributed by atoms with Gasteiger partial charge in [0.25, 0.3) is 0 Å². The zero-order valence-electron chi connectivity index (χ0n) is 19.1. The number of nitrogens with zero attached hydrogens (tertiary/aromatic N) is 3. The lowest BCUT2D eigenvalue weighted by atomic mass is 9.86. The van der Waals surface area contributed by atoms with Crippen LogP contribution in [0.1, 0.15) is 50.9 Å². The molecule has 2 unspecified atom stereocenters. The molecular formula is C25H32N4O2S. The van der Waals surface area contributed by atoms with Gasteiger partial charge in [-0.2, -0.15) is 0 Å². The van der Waals surface area contributed by atoms with Crippen molar-refractivity contribution < 1.29 is 9.53 Å². The standard InChI is InChI=1S/C25H32N4O2S/c1-4-29-23(15-31-22-14-13-19-10-6-7-11-20(19)18(22)3)27-28-25(29)32-16-24(30)26-21-12-8-5-9-17(21)2/h6-7,10-11,13-14,17,21H,4-5,8-9,12,15-16H2,1-3H3,(H,26,30). The van der Waals surface area contributed by atoms with Gasteiger partial charge in [0.2, 0.25) is 5.91 Å². The predicted octanol–water partition coefficient (Wildman–Crippen LogP) is 5.13. The summed E-state index contributed by atoms with van der Waals surface area (Å²) in [5, 5.41) is 15.0. The van der Waals surface area contributed by atoms with E-state index in [1.165, 1.54) is 41.8 Å². The molecule has 0 spiro atoms. The van der Waals surface area contributed by atoms with Crippen LogP contribution in [0.25, 0.3) is 10.8 Å². The normalized spacial score (nSPS) is 18.6. The highest BCUT2D eigenvalue weighted by atomic mass is 32.2. The van der Waals surface area contributed by atoms with E-state index in [1.807, 2.05) is 22.8 Å². The van der Waals surface area contributed by atoms with Crippen molar-refractivity contribution in [3.8, 4) is 5.75 Å². The Kier molecular flexibility index (Phi) is 7.35. The van der Waals surface area contributed by atoms with Crippen molar-refractivity contribution >= 4 is 28.4 Å². The molecule has 4 rings (SSSR count). The lowest BCUT2D eigenvalue weighted by Crippen LogP contribution is -2.41. The van der Waals surface area contributed by atoms with Crippen LogP contribution in [-0.2, 0) is 17.9 Å². The van der Waals surface area contributed by atoms with E-state index in [0.29, 0.717) is 24.3 Å². The number of ether oxygens (including phenoxy) is 1. The van der Waals surface area contributed by atoms with Crippen LogP contribution in [0.4, 0.5) is 0 Å². The van der Waals surface area contributed by atoms with E-state index in [0.717, 1.165) is 35.3 Å². The molecule has 170 valence electrons. The number of amides is 1. The number of hydrogen-bond acceptors (Lipinski definition) is 5. The van der Waals surface area contributed by atoms with Gasteiger partial charge in [0, 0.05) is 12.6 Å². The third-order valence-corrected chi connectivity index (χ3v) is 7.37. The lowest BCUT2D eigenvalue weighted by Gasteiger charge is -2.29. The molecule has 6 nitrogen and oxygen atoms in total. The van der Waals surface area contributed by atoms with Crippen LogP contribution in [0, 0.1) is 12.8 Å². The molecular weight excluding hydrogens is 420 g/mol. The van der Waals surface area contributed by atoms with Gasteiger partial charge in [-0.1, -0.05) is 61.9 Å². The van der Waals surface area contributed by atoms with Crippen molar-refractivity contribution in [3.63, 3.8) is 0 Å². The molecule has 0 radical (unpaired) electrons. The van der Waals surface area contributed by atoms with E-state index in [2.05, 4.69) is 54.5 Å². The predicted molar refractivity (Wildman–Crippen MR) is 129 cm³/mol. The summed E-state index contributed by atoms with van der Waals surface area (Å²) in [6.45, 7) is 7.43. The first-order valence-corrected chi connectivity index (χ1v) is 12.5. The van der Waals surface area contributed by atoms with Gasteiger partial charge in [-0.15, -0.1) is 10.2 Å². The lowest BCUT2D eigenvalue weighted by molar-refractivity contribution is -0.119. The van der Waals surface area contributed by atoms with Gasteiger partial charge in [-0.05, 0) is 55.0 Å². The van der Waals surface area contributed by atoms with Crippen LogP contribution < -0.4 is 10.1 Å². The third kappa shape index (κ3) is 5.09. The van der Waals surface area contributed by atoms with Gasteiger partial charge in [0.15, 0.2) is 11.0 Å². The minimum atomic E-state index is 0.0731. The van der Waals surface area contributed by atoms with Gasteiger partial charge in [0.1, 0.15) is 12.4 Å². The Morgan fingerprint density at radius 3 is 2.81 bits per heavy atom. The summed E-state index contributed by atoms with van der Waals surface area (Å²) in [4.78, 5) is 12.5. The molecule has 2 aromatic carbocycles. The first kappa shape index (κ1) is 22.6. The molecule has 1 saturated carbocycles. The fraction of sp³-hybridized carbons (Fsp3) is 0.480. The highest BCUT2D eigenvalue weighted by Crippen LogP contribution is 2.28. The van der Waals surface area contributed by atoms with E-state index >= 15 is 0 Å². The highest BCUT2D eigenvalue weighted by molar-refractivity contribution is 7.99. The Bertz CT molecular complexity index is 1080. The monoisotopic (exact) mass is 452 g/mol. The Hall–Kier alpha value is -2.54. The molecule has 3 aromatic rings. The number of fused-ring (bicyclic) bond motifs is 1. The number of carbonyl (C=O) groups is 1. The highest BCUT2D eigenvalue weighted by Gasteiger charge is 2.23. The molecule has 1 N–H and O–H groups in total. The van der Waals surface area contributed by atoms with Crippen molar-refractivity contribution in [2.24, 2.45) is 5.92 Å². The molecule has 1 amide bonds. The number of aryl methyl sites for hydroxylation is 1. The summed E-state index contributed by atoms with van der Waals surface area (Å²) in [5.41, 5.74) is 1.12. The van der Waals surface area contributed by atoms with Crippen LogP contribution in [0.15, 0.2) is 41.6 Å². The van der Waals surface area contributed by atoms with E-state index < -0.39 is 0 Å². The van der Waals surface area contributed by atoms with Crippen molar-refractivity contribution in [1.29, 1.82) is 0 Å².